The lowest BCUT2D eigenvalue weighted by Crippen LogP contribution is -2.32. The highest BCUT2D eigenvalue weighted by atomic mass is 33.1. The van der Waals surface area contributed by atoms with Crippen LogP contribution in [0.2, 0.25) is 0 Å². The molecule has 0 saturated carbocycles. The van der Waals surface area contributed by atoms with Gasteiger partial charge in [0.2, 0.25) is 0 Å². The summed E-state index contributed by atoms with van der Waals surface area (Å²) in [7, 11) is 3.22. The van der Waals surface area contributed by atoms with Gasteiger partial charge < -0.3 is 4.84 Å². The van der Waals surface area contributed by atoms with Crippen LogP contribution in [0.1, 0.15) is 39.5 Å². The average Bonchev–Trinajstić information content (AvgIpc) is 2.83. The number of allylic oxidation sites excluding steroid dienone is 3. The van der Waals surface area contributed by atoms with E-state index in [1.807, 2.05) is 19.9 Å². The summed E-state index contributed by atoms with van der Waals surface area (Å²) in [5.74, 6) is -0.730. The Balaban J connectivity index is 2.19. The van der Waals surface area contributed by atoms with Gasteiger partial charge in [0, 0.05) is 31.2 Å². The molecule has 0 N–H and O–H groups in total. The van der Waals surface area contributed by atoms with Crippen molar-refractivity contribution in [2.24, 2.45) is 4.99 Å². The van der Waals surface area contributed by atoms with Gasteiger partial charge in [0.15, 0.2) is 0 Å². The molecule has 0 aliphatic carbocycles. The number of hydrogen-bond acceptors (Lipinski definition) is 7. The van der Waals surface area contributed by atoms with Gasteiger partial charge in [-0.05, 0) is 26.3 Å². The number of nitrogens with zero attached hydrogens (tertiary/aromatic N) is 2. The monoisotopic (exact) mass is 370 g/mol. The van der Waals surface area contributed by atoms with Gasteiger partial charge in [0.1, 0.15) is 4.87 Å². The van der Waals surface area contributed by atoms with E-state index in [0.29, 0.717) is 11.5 Å². The van der Waals surface area contributed by atoms with Crippen LogP contribution in [0.4, 0.5) is 0 Å². The third-order valence-corrected chi connectivity index (χ3v) is 5.95. The summed E-state index contributed by atoms with van der Waals surface area (Å²) in [6.45, 7) is 7.59. The maximum Gasteiger partial charge on any atom is 0.333 e. The van der Waals surface area contributed by atoms with Gasteiger partial charge in [-0.15, -0.1) is 5.06 Å². The van der Waals surface area contributed by atoms with E-state index < -0.39 is 17.8 Å². The molecule has 0 unspecified atom stereocenters. The first kappa shape index (κ1) is 20.5. The van der Waals surface area contributed by atoms with Crippen molar-refractivity contribution in [1.82, 2.24) is 5.06 Å². The summed E-state index contributed by atoms with van der Waals surface area (Å²) in [6, 6.07) is 0. The summed E-state index contributed by atoms with van der Waals surface area (Å²) in [5.41, 5.74) is 0. The van der Waals surface area contributed by atoms with Crippen molar-refractivity contribution in [3.8, 4) is 0 Å². The van der Waals surface area contributed by atoms with Gasteiger partial charge in [-0.1, -0.05) is 40.3 Å². The largest absolute Gasteiger partial charge is 0.333 e. The molecule has 0 aromatic rings. The van der Waals surface area contributed by atoms with Gasteiger partial charge >= 0.3 is 5.97 Å². The SMILES string of the molecule is C=C/C=C\C=N/C(C)(C)SSCCCC(=O)ON1C(=O)CCC1=O. The molecule has 0 radical (unpaired) electrons. The minimum Gasteiger partial charge on any atom is -0.330 e. The van der Waals surface area contributed by atoms with Crippen LogP contribution >= 0.6 is 21.6 Å². The van der Waals surface area contributed by atoms with E-state index >= 15 is 0 Å². The molecule has 1 heterocycles. The van der Waals surface area contributed by atoms with Crippen LogP contribution in [-0.4, -0.2) is 39.7 Å². The number of rotatable bonds is 10. The fraction of sp³-hybridized carbons (Fsp3) is 0.500. The first-order chi connectivity index (χ1) is 11.4. The Kier molecular flexibility index (Phi) is 8.84. The zero-order chi connectivity index (χ0) is 18.0. The van der Waals surface area contributed by atoms with Gasteiger partial charge in [-0.25, -0.2) is 4.79 Å². The number of carbonyl (C=O) groups excluding carboxylic acids is 3. The molecule has 2 amide bonds. The molecule has 0 atom stereocenters. The molecule has 6 nitrogen and oxygen atoms in total. The summed E-state index contributed by atoms with van der Waals surface area (Å²) in [4.78, 5) is 43.2. The normalized spacial score (nSPS) is 15.7. The van der Waals surface area contributed by atoms with Crippen molar-refractivity contribution < 1.29 is 19.2 Å². The highest BCUT2D eigenvalue weighted by Gasteiger charge is 2.32. The van der Waals surface area contributed by atoms with Crippen LogP contribution in [0.15, 0.2) is 29.8 Å². The van der Waals surface area contributed by atoms with E-state index in [9.17, 15) is 14.4 Å². The van der Waals surface area contributed by atoms with E-state index in [-0.39, 0.29) is 24.1 Å². The summed E-state index contributed by atoms with van der Waals surface area (Å²) in [6.07, 6.45) is 8.02. The molecule has 1 saturated heterocycles. The van der Waals surface area contributed by atoms with Gasteiger partial charge in [0.25, 0.3) is 11.8 Å². The molecule has 1 rings (SSSR count). The Morgan fingerprint density at radius 1 is 1.33 bits per heavy atom. The topological polar surface area (TPSA) is 76.0 Å². The van der Waals surface area contributed by atoms with E-state index in [4.69, 9.17) is 4.84 Å². The second-order valence-corrected chi connectivity index (χ2v) is 8.42. The molecule has 1 fully saturated rings. The Bertz CT molecular complexity index is 528. The molecular formula is C16H22N2O4S2. The molecule has 0 bridgehead atoms. The van der Waals surface area contributed by atoms with Crippen molar-refractivity contribution in [3.63, 3.8) is 0 Å². The van der Waals surface area contributed by atoms with Gasteiger partial charge in [-0.2, -0.15) is 0 Å². The van der Waals surface area contributed by atoms with E-state index in [1.54, 1.807) is 40.0 Å². The Hall–Kier alpha value is -1.54. The van der Waals surface area contributed by atoms with Crippen LogP contribution in [0, 0.1) is 0 Å². The van der Waals surface area contributed by atoms with Crippen molar-refractivity contribution in [1.29, 1.82) is 0 Å². The lowest BCUT2D eigenvalue weighted by atomic mass is 10.3. The van der Waals surface area contributed by atoms with Crippen molar-refractivity contribution in [2.75, 3.05) is 5.75 Å². The molecule has 0 aromatic carbocycles. The van der Waals surface area contributed by atoms with Crippen LogP contribution in [0.25, 0.3) is 0 Å². The van der Waals surface area contributed by atoms with Gasteiger partial charge in [0.05, 0.1) is 0 Å². The highest BCUT2D eigenvalue weighted by Crippen LogP contribution is 2.36. The molecule has 1 aliphatic rings. The number of aliphatic imine (C=N–C) groups is 1. The Morgan fingerprint density at radius 2 is 2.00 bits per heavy atom. The molecule has 0 aromatic heterocycles. The lowest BCUT2D eigenvalue weighted by Gasteiger charge is -2.17. The average molecular weight is 370 g/mol. The molecular weight excluding hydrogens is 348 g/mol. The maximum atomic E-state index is 11.6. The van der Waals surface area contributed by atoms with Crippen molar-refractivity contribution in [3.05, 3.63) is 24.8 Å². The smallest absolute Gasteiger partial charge is 0.330 e. The van der Waals surface area contributed by atoms with Crippen LogP contribution in [0.5, 0.6) is 0 Å². The first-order valence-corrected chi connectivity index (χ1v) is 9.88. The second-order valence-electron chi connectivity index (χ2n) is 5.40. The lowest BCUT2D eigenvalue weighted by molar-refractivity contribution is -0.197. The number of hydrogen-bond donors (Lipinski definition) is 0. The van der Waals surface area contributed by atoms with Crippen molar-refractivity contribution >= 4 is 45.6 Å². The summed E-state index contributed by atoms with van der Waals surface area (Å²) >= 11 is 0. The zero-order valence-electron chi connectivity index (χ0n) is 13.9. The maximum absolute atomic E-state index is 11.6. The summed E-state index contributed by atoms with van der Waals surface area (Å²) < 4.78 is 0. The molecule has 24 heavy (non-hydrogen) atoms. The zero-order valence-corrected chi connectivity index (χ0v) is 15.5. The van der Waals surface area contributed by atoms with Crippen LogP contribution < -0.4 is 0 Å². The van der Waals surface area contributed by atoms with E-state index in [0.717, 1.165) is 5.75 Å². The standard InChI is InChI=1S/C16H22N2O4S2/c1-4-5-6-11-17-16(2,3)24-23-12-7-8-15(21)22-18-13(19)9-10-14(18)20/h4-6,11H,1,7-10,12H2,2-3H3/b6-5-,17-11-. The summed E-state index contributed by atoms with van der Waals surface area (Å²) in [5, 5.41) is 0.582. The highest BCUT2D eigenvalue weighted by molar-refractivity contribution is 8.77. The predicted octanol–water partition coefficient (Wildman–Crippen LogP) is 3.30. The minimum atomic E-state index is -0.559. The van der Waals surface area contributed by atoms with Gasteiger partial charge in [-0.3, -0.25) is 14.6 Å². The Morgan fingerprint density at radius 3 is 2.62 bits per heavy atom. The number of amides is 2. The third-order valence-electron chi connectivity index (χ3n) is 2.79. The molecule has 0 spiro atoms. The fourth-order valence-corrected chi connectivity index (χ4v) is 3.97. The first-order valence-electron chi connectivity index (χ1n) is 7.56. The van der Waals surface area contributed by atoms with Crippen LogP contribution in [-0.2, 0) is 19.2 Å². The fourth-order valence-electron chi connectivity index (χ4n) is 1.64. The number of hydroxylamine groups is 2. The van der Waals surface area contributed by atoms with Crippen molar-refractivity contribution in [2.45, 2.75) is 44.4 Å². The number of carbonyl (C=O) groups is 3. The van der Waals surface area contributed by atoms with E-state index in [2.05, 4.69) is 11.6 Å². The van der Waals surface area contributed by atoms with Crippen LogP contribution in [0.3, 0.4) is 0 Å². The molecule has 132 valence electrons. The number of imide groups is 1. The predicted molar refractivity (Wildman–Crippen MR) is 98.4 cm³/mol. The minimum absolute atomic E-state index is 0.107. The Labute approximate surface area is 150 Å². The van der Waals surface area contributed by atoms with E-state index in [1.165, 1.54) is 0 Å². The molecule has 8 heteroatoms. The second kappa shape index (κ2) is 10.4. The third kappa shape index (κ3) is 7.83. The quantitative estimate of drug-likeness (QED) is 0.193. The molecule has 1 aliphatic heterocycles.